The van der Waals surface area contributed by atoms with Gasteiger partial charge in [0.1, 0.15) is 0 Å². The summed E-state index contributed by atoms with van der Waals surface area (Å²) in [6.07, 6.45) is 1.74. The summed E-state index contributed by atoms with van der Waals surface area (Å²) in [6.45, 7) is 2.93. The molecule has 2 rings (SSSR count). The van der Waals surface area contributed by atoms with Crippen molar-refractivity contribution < 1.29 is 4.74 Å². The molecule has 3 nitrogen and oxygen atoms in total. The van der Waals surface area contributed by atoms with Gasteiger partial charge in [-0.25, -0.2) is 4.98 Å². The Bertz CT molecular complexity index is 242. The Kier molecular flexibility index (Phi) is 6.62. The van der Waals surface area contributed by atoms with Gasteiger partial charge in [0, 0.05) is 31.3 Å². The zero-order chi connectivity index (χ0) is 8.23. The fraction of sp³-hybridized carbons (Fsp3) is 0.444. The Morgan fingerprint density at radius 2 is 2.14 bits per heavy atom. The van der Waals surface area contributed by atoms with Gasteiger partial charge in [-0.3, -0.25) is 0 Å². The number of nitrogens with one attached hydrogen (secondary N) is 1. The Labute approximate surface area is 96.1 Å². The van der Waals surface area contributed by atoms with Crippen molar-refractivity contribution in [3.05, 3.63) is 24.4 Å². The van der Waals surface area contributed by atoms with Crippen LogP contribution >= 0.6 is 24.8 Å². The first-order chi connectivity index (χ1) is 5.95. The van der Waals surface area contributed by atoms with E-state index in [0.29, 0.717) is 5.92 Å². The Morgan fingerprint density at radius 1 is 1.36 bits per heavy atom. The fourth-order valence-corrected chi connectivity index (χ4v) is 1.10. The van der Waals surface area contributed by atoms with Gasteiger partial charge >= 0.3 is 0 Å². The third-order valence-electron chi connectivity index (χ3n) is 1.97. The van der Waals surface area contributed by atoms with Crippen molar-refractivity contribution in [2.45, 2.75) is 0 Å². The van der Waals surface area contributed by atoms with Gasteiger partial charge in [0.25, 0.3) is 0 Å². The Morgan fingerprint density at radius 3 is 2.64 bits per heavy atom. The zero-order valence-electron chi connectivity index (χ0n) is 7.68. The maximum Gasteiger partial charge on any atom is 0.213 e. The lowest BCUT2D eigenvalue weighted by molar-refractivity contribution is 0.193. The van der Waals surface area contributed by atoms with Crippen molar-refractivity contribution in [2.75, 3.05) is 19.7 Å². The normalized spacial score (nSPS) is 14.6. The average molecular weight is 237 g/mol. The molecule has 0 spiro atoms. The maximum absolute atomic E-state index is 5.46. The van der Waals surface area contributed by atoms with E-state index in [9.17, 15) is 0 Å². The van der Waals surface area contributed by atoms with Gasteiger partial charge in [-0.05, 0) is 6.07 Å². The number of pyridine rings is 1. The summed E-state index contributed by atoms with van der Waals surface area (Å²) in [6, 6.07) is 5.70. The summed E-state index contributed by atoms with van der Waals surface area (Å²) in [5, 5.41) is 3.20. The van der Waals surface area contributed by atoms with E-state index in [2.05, 4.69) is 10.3 Å². The molecule has 1 fully saturated rings. The van der Waals surface area contributed by atoms with Gasteiger partial charge in [0.15, 0.2) is 0 Å². The third kappa shape index (κ3) is 3.70. The van der Waals surface area contributed by atoms with Crippen LogP contribution in [0.2, 0.25) is 0 Å². The summed E-state index contributed by atoms with van der Waals surface area (Å²) >= 11 is 0. The lowest BCUT2D eigenvalue weighted by Gasteiger charge is -2.26. The molecule has 80 valence electrons. The summed E-state index contributed by atoms with van der Waals surface area (Å²) < 4.78 is 5.46. The number of rotatable bonds is 3. The SMILES string of the molecule is Cl.Cl.c1ccc(OCC2CNC2)nc1. The van der Waals surface area contributed by atoms with E-state index in [4.69, 9.17) is 4.74 Å². The third-order valence-corrected chi connectivity index (χ3v) is 1.97. The van der Waals surface area contributed by atoms with Gasteiger partial charge in [-0.1, -0.05) is 6.07 Å². The van der Waals surface area contributed by atoms with Gasteiger partial charge in [-0.15, -0.1) is 24.8 Å². The zero-order valence-corrected chi connectivity index (χ0v) is 9.31. The van der Waals surface area contributed by atoms with Crippen molar-refractivity contribution in [1.82, 2.24) is 10.3 Å². The highest BCUT2D eigenvalue weighted by atomic mass is 35.5. The summed E-state index contributed by atoms with van der Waals surface area (Å²) in [5.74, 6) is 1.40. The van der Waals surface area contributed by atoms with Gasteiger partial charge in [0.05, 0.1) is 6.61 Å². The molecule has 0 bridgehead atoms. The lowest BCUT2D eigenvalue weighted by atomic mass is 10.1. The molecule has 1 aromatic rings. The van der Waals surface area contributed by atoms with E-state index in [-0.39, 0.29) is 24.8 Å². The molecule has 1 aliphatic heterocycles. The van der Waals surface area contributed by atoms with Crippen molar-refractivity contribution in [3.8, 4) is 5.88 Å². The molecule has 0 unspecified atom stereocenters. The first kappa shape index (κ1) is 13.5. The van der Waals surface area contributed by atoms with Crippen LogP contribution in [-0.4, -0.2) is 24.7 Å². The van der Waals surface area contributed by atoms with Crippen LogP contribution in [0.15, 0.2) is 24.4 Å². The van der Waals surface area contributed by atoms with Crippen LogP contribution in [0.4, 0.5) is 0 Å². The van der Waals surface area contributed by atoms with E-state index in [0.717, 1.165) is 25.6 Å². The van der Waals surface area contributed by atoms with Crippen molar-refractivity contribution in [3.63, 3.8) is 0 Å². The summed E-state index contributed by atoms with van der Waals surface area (Å²) in [4.78, 5) is 4.07. The van der Waals surface area contributed by atoms with E-state index in [1.165, 1.54) is 0 Å². The molecule has 1 aliphatic rings. The summed E-state index contributed by atoms with van der Waals surface area (Å²) in [5.41, 5.74) is 0. The van der Waals surface area contributed by atoms with Crippen LogP contribution in [0.3, 0.4) is 0 Å². The number of hydrogen-bond acceptors (Lipinski definition) is 3. The number of nitrogens with zero attached hydrogens (tertiary/aromatic N) is 1. The van der Waals surface area contributed by atoms with E-state index >= 15 is 0 Å². The molecule has 1 aromatic heterocycles. The minimum Gasteiger partial charge on any atom is -0.477 e. The quantitative estimate of drug-likeness (QED) is 0.865. The highest BCUT2D eigenvalue weighted by Gasteiger charge is 2.16. The standard InChI is InChI=1S/C9H12N2O.2ClH/c1-2-4-11-9(3-1)12-7-8-5-10-6-8;;/h1-4,8,10H,5-7H2;2*1H. The smallest absolute Gasteiger partial charge is 0.213 e. The van der Waals surface area contributed by atoms with Gasteiger partial charge in [-0.2, -0.15) is 0 Å². The molecule has 1 N–H and O–H groups in total. The topological polar surface area (TPSA) is 34.1 Å². The minimum atomic E-state index is 0. The molecule has 0 aliphatic carbocycles. The largest absolute Gasteiger partial charge is 0.477 e. The van der Waals surface area contributed by atoms with E-state index in [1.807, 2.05) is 18.2 Å². The highest BCUT2D eigenvalue weighted by Crippen LogP contribution is 2.08. The second kappa shape index (κ2) is 6.87. The first-order valence-corrected chi connectivity index (χ1v) is 4.20. The van der Waals surface area contributed by atoms with Crippen molar-refractivity contribution in [2.24, 2.45) is 5.92 Å². The molecular weight excluding hydrogens is 223 g/mol. The number of aromatic nitrogens is 1. The molecule has 0 radical (unpaired) electrons. The first-order valence-electron chi connectivity index (χ1n) is 4.20. The second-order valence-electron chi connectivity index (χ2n) is 3.00. The van der Waals surface area contributed by atoms with Crippen LogP contribution in [0.5, 0.6) is 5.88 Å². The van der Waals surface area contributed by atoms with Gasteiger partial charge < -0.3 is 10.1 Å². The maximum atomic E-state index is 5.46. The Hall–Kier alpha value is -0.510. The number of ether oxygens (including phenoxy) is 1. The molecule has 2 heterocycles. The predicted octanol–water partition coefficient (Wildman–Crippen LogP) is 1.52. The predicted molar refractivity (Wildman–Crippen MR) is 60.6 cm³/mol. The molecule has 0 aromatic carbocycles. The number of halogens is 2. The fourth-order valence-electron chi connectivity index (χ4n) is 1.10. The van der Waals surface area contributed by atoms with Gasteiger partial charge in [0.2, 0.25) is 5.88 Å². The van der Waals surface area contributed by atoms with Crippen molar-refractivity contribution in [1.29, 1.82) is 0 Å². The highest BCUT2D eigenvalue weighted by molar-refractivity contribution is 5.85. The number of hydrogen-bond donors (Lipinski definition) is 1. The minimum absolute atomic E-state index is 0. The van der Waals surface area contributed by atoms with Crippen LogP contribution in [-0.2, 0) is 0 Å². The van der Waals surface area contributed by atoms with Crippen LogP contribution in [0, 0.1) is 5.92 Å². The molecule has 14 heavy (non-hydrogen) atoms. The van der Waals surface area contributed by atoms with E-state index in [1.54, 1.807) is 6.20 Å². The molecule has 0 amide bonds. The van der Waals surface area contributed by atoms with Crippen LogP contribution < -0.4 is 10.1 Å². The van der Waals surface area contributed by atoms with Crippen LogP contribution in [0.25, 0.3) is 0 Å². The average Bonchev–Trinajstić information content (AvgIpc) is 2.04. The molecular formula is C9H14Cl2N2O. The summed E-state index contributed by atoms with van der Waals surface area (Å²) in [7, 11) is 0. The monoisotopic (exact) mass is 236 g/mol. The molecule has 0 atom stereocenters. The molecule has 0 saturated carbocycles. The Balaban J connectivity index is 0.000000845. The van der Waals surface area contributed by atoms with Crippen LogP contribution in [0.1, 0.15) is 0 Å². The van der Waals surface area contributed by atoms with E-state index < -0.39 is 0 Å². The molecule has 5 heteroatoms. The lowest BCUT2D eigenvalue weighted by Crippen LogP contribution is -2.45. The second-order valence-corrected chi connectivity index (χ2v) is 3.00. The molecule has 1 saturated heterocycles. The van der Waals surface area contributed by atoms with Crippen molar-refractivity contribution >= 4 is 24.8 Å².